The highest BCUT2D eigenvalue weighted by Crippen LogP contribution is 2.27. The van der Waals surface area contributed by atoms with Gasteiger partial charge in [0.25, 0.3) is 0 Å². The molecule has 1 aromatic rings. The van der Waals surface area contributed by atoms with Crippen molar-refractivity contribution in [1.82, 2.24) is 9.55 Å². The second kappa shape index (κ2) is 3.14. The fourth-order valence-corrected chi connectivity index (χ4v) is 2.27. The Morgan fingerprint density at radius 1 is 1.62 bits per heavy atom. The van der Waals surface area contributed by atoms with Crippen molar-refractivity contribution in [2.24, 2.45) is 5.73 Å². The van der Waals surface area contributed by atoms with Crippen LogP contribution in [-0.4, -0.2) is 9.55 Å². The standard InChI is InChI=1S/C10H17N3/c1-7-4-3-5-10-12-8(2)9(6-11)13(7)10/h7H,3-6,11H2,1-2H3. The van der Waals surface area contributed by atoms with E-state index in [1.165, 1.54) is 24.4 Å². The molecule has 1 atom stereocenters. The molecule has 0 radical (unpaired) electrons. The van der Waals surface area contributed by atoms with Crippen molar-refractivity contribution in [2.75, 3.05) is 0 Å². The van der Waals surface area contributed by atoms with E-state index in [0.717, 1.165) is 12.1 Å². The third-order valence-electron chi connectivity index (χ3n) is 2.94. The van der Waals surface area contributed by atoms with Crippen molar-refractivity contribution in [3.63, 3.8) is 0 Å². The van der Waals surface area contributed by atoms with Gasteiger partial charge in [-0.05, 0) is 26.7 Å². The zero-order valence-electron chi connectivity index (χ0n) is 8.38. The summed E-state index contributed by atoms with van der Waals surface area (Å²) < 4.78 is 2.33. The molecule has 0 aliphatic carbocycles. The van der Waals surface area contributed by atoms with E-state index in [9.17, 15) is 0 Å². The van der Waals surface area contributed by atoms with Crippen molar-refractivity contribution in [2.45, 2.75) is 45.7 Å². The molecule has 3 heteroatoms. The Kier molecular flexibility index (Phi) is 2.12. The number of nitrogens with two attached hydrogens (primary N) is 1. The predicted octanol–water partition coefficient (Wildman–Crippen LogP) is 1.55. The van der Waals surface area contributed by atoms with Gasteiger partial charge in [-0.25, -0.2) is 4.98 Å². The molecule has 0 aromatic carbocycles. The van der Waals surface area contributed by atoms with E-state index in [0.29, 0.717) is 12.6 Å². The zero-order valence-corrected chi connectivity index (χ0v) is 8.38. The molecule has 0 amide bonds. The van der Waals surface area contributed by atoms with Gasteiger partial charge in [0.05, 0.1) is 11.4 Å². The summed E-state index contributed by atoms with van der Waals surface area (Å²) in [7, 11) is 0. The predicted molar refractivity (Wildman–Crippen MR) is 52.5 cm³/mol. The summed E-state index contributed by atoms with van der Waals surface area (Å²) in [6.45, 7) is 4.92. The lowest BCUT2D eigenvalue weighted by molar-refractivity contribution is 0.415. The van der Waals surface area contributed by atoms with E-state index >= 15 is 0 Å². The normalized spacial score (nSPS) is 21.6. The monoisotopic (exact) mass is 179 g/mol. The van der Waals surface area contributed by atoms with E-state index < -0.39 is 0 Å². The van der Waals surface area contributed by atoms with Gasteiger partial charge in [0, 0.05) is 19.0 Å². The van der Waals surface area contributed by atoms with Crippen LogP contribution in [0.4, 0.5) is 0 Å². The summed E-state index contributed by atoms with van der Waals surface area (Å²) in [5, 5.41) is 0. The number of nitrogens with zero attached hydrogens (tertiary/aromatic N) is 2. The molecule has 0 bridgehead atoms. The molecule has 3 nitrogen and oxygen atoms in total. The summed E-state index contributed by atoms with van der Waals surface area (Å²) >= 11 is 0. The number of hydrogen-bond donors (Lipinski definition) is 1. The molecule has 1 aliphatic rings. The van der Waals surface area contributed by atoms with Crippen molar-refractivity contribution in [3.05, 3.63) is 17.2 Å². The fourth-order valence-electron chi connectivity index (χ4n) is 2.27. The number of hydrogen-bond acceptors (Lipinski definition) is 2. The molecule has 2 N–H and O–H groups in total. The van der Waals surface area contributed by atoms with Crippen molar-refractivity contribution in [3.8, 4) is 0 Å². The molecular formula is C10H17N3. The first kappa shape index (κ1) is 8.75. The minimum atomic E-state index is 0.587. The van der Waals surface area contributed by atoms with Crippen molar-refractivity contribution in [1.29, 1.82) is 0 Å². The number of imidazole rings is 1. The number of rotatable bonds is 1. The Bertz CT molecular complexity index is 314. The highest BCUT2D eigenvalue weighted by Gasteiger charge is 2.21. The average molecular weight is 179 g/mol. The maximum absolute atomic E-state index is 5.72. The quantitative estimate of drug-likeness (QED) is 0.710. The topological polar surface area (TPSA) is 43.8 Å². The lowest BCUT2D eigenvalue weighted by Crippen LogP contribution is -2.19. The molecule has 72 valence electrons. The van der Waals surface area contributed by atoms with Crippen LogP contribution in [0.3, 0.4) is 0 Å². The molecule has 0 saturated heterocycles. The second-order valence-corrected chi connectivity index (χ2v) is 3.88. The van der Waals surface area contributed by atoms with Gasteiger partial charge in [-0.15, -0.1) is 0 Å². The molecule has 0 spiro atoms. The van der Waals surface area contributed by atoms with Gasteiger partial charge in [-0.2, -0.15) is 0 Å². The van der Waals surface area contributed by atoms with Gasteiger partial charge >= 0.3 is 0 Å². The molecule has 0 fully saturated rings. The van der Waals surface area contributed by atoms with Crippen molar-refractivity contribution < 1.29 is 0 Å². The second-order valence-electron chi connectivity index (χ2n) is 3.88. The third-order valence-corrected chi connectivity index (χ3v) is 2.94. The maximum Gasteiger partial charge on any atom is 0.109 e. The molecular weight excluding hydrogens is 162 g/mol. The Hall–Kier alpha value is -0.830. The van der Waals surface area contributed by atoms with Crippen LogP contribution in [0.1, 0.15) is 43.0 Å². The summed E-state index contributed by atoms with van der Waals surface area (Å²) in [4.78, 5) is 4.56. The van der Waals surface area contributed by atoms with E-state index in [4.69, 9.17) is 5.73 Å². The van der Waals surface area contributed by atoms with Gasteiger partial charge in [-0.3, -0.25) is 0 Å². The van der Waals surface area contributed by atoms with Crippen LogP contribution in [0.5, 0.6) is 0 Å². The fraction of sp³-hybridized carbons (Fsp3) is 0.700. The van der Waals surface area contributed by atoms with Gasteiger partial charge in [0.1, 0.15) is 5.82 Å². The Morgan fingerprint density at radius 2 is 2.38 bits per heavy atom. The van der Waals surface area contributed by atoms with E-state index in [-0.39, 0.29) is 0 Å². The van der Waals surface area contributed by atoms with Crippen LogP contribution in [0, 0.1) is 6.92 Å². The lowest BCUT2D eigenvalue weighted by Gasteiger charge is -2.23. The summed E-state index contributed by atoms with van der Waals surface area (Å²) in [5.74, 6) is 1.23. The number of aromatic nitrogens is 2. The summed E-state index contributed by atoms with van der Waals surface area (Å²) in [5.41, 5.74) is 8.06. The molecule has 1 aromatic heterocycles. The van der Waals surface area contributed by atoms with E-state index in [1.54, 1.807) is 0 Å². The van der Waals surface area contributed by atoms with Crippen molar-refractivity contribution >= 4 is 0 Å². The van der Waals surface area contributed by atoms with E-state index in [2.05, 4.69) is 23.4 Å². The number of aryl methyl sites for hydroxylation is 2. The largest absolute Gasteiger partial charge is 0.328 e. The smallest absolute Gasteiger partial charge is 0.109 e. The molecule has 1 unspecified atom stereocenters. The first-order valence-corrected chi connectivity index (χ1v) is 5.00. The summed E-state index contributed by atoms with van der Waals surface area (Å²) in [6.07, 6.45) is 3.64. The Morgan fingerprint density at radius 3 is 3.08 bits per heavy atom. The van der Waals surface area contributed by atoms with E-state index in [1.807, 2.05) is 0 Å². The highest BCUT2D eigenvalue weighted by molar-refractivity contribution is 5.18. The molecule has 2 heterocycles. The van der Waals surface area contributed by atoms with Crippen LogP contribution in [0.2, 0.25) is 0 Å². The zero-order chi connectivity index (χ0) is 9.42. The summed E-state index contributed by atoms with van der Waals surface area (Å²) in [6, 6.07) is 0.587. The van der Waals surface area contributed by atoms with Gasteiger partial charge in [0.2, 0.25) is 0 Å². The lowest BCUT2D eigenvalue weighted by atomic mass is 10.1. The van der Waals surface area contributed by atoms with Crippen LogP contribution in [-0.2, 0) is 13.0 Å². The first-order valence-electron chi connectivity index (χ1n) is 5.00. The SMILES string of the molecule is Cc1nc2n(c1CN)C(C)CCC2. The Labute approximate surface area is 79.0 Å². The van der Waals surface area contributed by atoms with Crippen LogP contribution in [0.25, 0.3) is 0 Å². The van der Waals surface area contributed by atoms with Crippen LogP contribution >= 0.6 is 0 Å². The minimum Gasteiger partial charge on any atom is -0.328 e. The van der Waals surface area contributed by atoms with Crippen LogP contribution < -0.4 is 5.73 Å². The van der Waals surface area contributed by atoms with Gasteiger partial charge in [0.15, 0.2) is 0 Å². The number of fused-ring (bicyclic) bond motifs is 1. The van der Waals surface area contributed by atoms with Gasteiger partial charge in [-0.1, -0.05) is 0 Å². The maximum atomic E-state index is 5.72. The van der Waals surface area contributed by atoms with Gasteiger partial charge < -0.3 is 10.3 Å². The third kappa shape index (κ3) is 1.27. The molecule has 1 aliphatic heterocycles. The first-order chi connectivity index (χ1) is 6.24. The highest BCUT2D eigenvalue weighted by atomic mass is 15.1. The molecule has 2 rings (SSSR count). The molecule has 13 heavy (non-hydrogen) atoms. The van der Waals surface area contributed by atoms with Crippen LogP contribution in [0.15, 0.2) is 0 Å². The molecule has 0 saturated carbocycles. The average Bonchev–Trinajstić information content (AvgIpc) is 2.42. The minimum absolute atomic E-state index is 0.587. The Balaban J connectivity index is 2.51.